The molecule has 0 saturated carbocycles. The number of esters is 1. The molecule has 1 amide bonds. The predicted molar refractivity (Wildman–Crippen MR) is 134 cm³/mol. The summed E-state index contributed by atoms with van der Waals surface area (Å²) in [5.41, 5.74) is 4.72. The number of anilines is 1. The lowest BCUT2D eigenvalue weighted by Gasteiger charge is -2.15. The molecule has 6 nitrogen and oxygen atoms in total. The van der Waals surface area contributed by atoms with E-state index in [1.165, 1.54) is 19.2 Å². The smallest absolute Gasteiger partial charge is 0.339 e. The molecular weight excluding hydrogens is 473 g/mol. The van der Waals surface area contributed by atoms with Crippen LogP contribution < -0.4 is 5.32 Å². The first-order valence-corrected chi connectivity index (χ1v) is 11.3. The lowest BCUT2D eigenvalue weighted by atomic mass is 9.99. The Morgan fingerprint density at radius 3 is 2.53 bits per heavy atom. The summed E-state index contributed by atoms with van der Waals surface area (Å²) in [4.78, 5) is 34.5. The lowest BCUT2D eigenvalue weighted by molar-refractivity contribution is -0.123. The van der Waals surface area contributed by atoms with Crippen molar-refractivity contribution in [1.82, 2.24) is 9.97 Å². The summed E-state index contributed by atoms with van der Waals surface area (Å²) in [5.74, 6) is -1.08. The standard InChI is InChI=1S/C26H21Cl2N3O3/c1-14-8-9-18(15(2)10-14)23-12-20(19-6-4-5-7-22(19)30-23)26(33)34-16(3)25(32)31-24-21(28)11-17(27)13-29-24/h4-13,16H,1-3H3,(H,29,31,32). The van der Waals surface area contributed by atoms with Crippen LogP contribution in [0.25, 0.3) is 22.2 Å². The summed E-state index contributed by atoms with van der Waals surface area (Å²) in [6.07, 6.45) is 0.259. The average Bonchev–Trinajstić information content (AvgIpc) is 2.80. The highest BCUT2D eigenvalue weighted by Gasteiger charge is 2.23. The lowest BCUT2D eigenvalue weighted by Crippen LogP contribution is -2.30. The van der Waals surface area contributed by atoms with Crippen LogP contribution >= 0.6 is 23.2 Å². The molecule has 0 aliphatic carbocycles. The van der Waals surface area contributed by atoms with Crippen molar-refractivity contribution < 1.29 is 14.3 Å². The van der Waals surface area contributed by atoms with E-state index < -0.39 is 18.0 Å². The van der Waals surface area contributed by atoms with Crippen molar-refractivity contribution >= 4 is 51.8 Å². The summed E-state index contributed by atoms with van der Waals surface area (Å²) < 4.78 is 5.51. The summed E-state index contributed by atoms with van der Waals surface area (Å²) in [5, 5.41) is 3.70. The number of benzene rings is 2. The Labute approximate surface area is 206 Å². The molecule has 0 radical (unpaired) electrons. The van der Waals surface area contributed by atoms with Crippen LogP contribution in [0.2, 0.25) is 10.0 Å². The second-order valence-corrected chi connectivity index (χ2v) is 8.75. The van der Waals surface area contributed by atoms with Crippen molar-refractivity contribution in [3.8, 4) is 11.3 Å². The number of carbonyl (C=O) groups is 2. The van der Waals surface area contributed by atoms with E-state index in [9.17, 15) is 9.59 Å². The van der Waals surface area contributed by atoms with Gasteiger partial charge in [-0.25, -0.2) is 14.8 Å². The molecule has 0 spiro atoms. The SMILES string of the molecule is Cc1ccc(-c2cc(C(=O)OC(C)C(=O)Nc3ncc(Cl)cc3Cl)c3ccccc3n2)c(C)c1. The third-order valence-corrected chi connectivity index (χ3v) is 5.79. The van der Waals surface area contributed by atoms with Gasteiger partial charge in [-0.1, -0.05) is 65.2 Å². The van der Waals surface area contributed by atoms with Gasteiger partial charge in [-0.05, 0) is 44.5 Å². The molecule has 2 aromatic heterocycles. The number of aromatic nitrogens is 2. The first-order chi connectivity index (χ1) is 16.2. The highest BCUT2D eigenvalue weighted by molar-refractivity contribution is 6.36. The van der Waals surface area contributed by atoms with Crippen molar-refractivity contribution in [2.24, 2.45) is 0 Å². The molecule has 0 bridgehead atoms. The van der Waals surface area contributed by atoms with E-state index >= 15 is 0 Å². The number of aryl methyl sites for hydroxylation is 2. The molecule has 1 unspecified atom stereocenters. The maximum absolute atomic E-state index is 13.2. The van der Waals surface area contributed by atoms with Crippen LogP contribution in [0, 0.1) is 13.8 Å². The summed E-state index contributed by atoms with van der Waals surface area (Å²) in [6.45, 7) is 5.50. The zero-order valence-corrected chi connectivity index (χ0v) is 20.2. The number of ether oxygens (including phenoxy) is 1. The van der Waals surface area contributed by atoms with Crippen LogP contribution in [0.5, 0.6) is 0 Å². The number of hydrogen-bond acceptors (Lipinski definition) is 5. The van der Waals surface area contributed by atoms with Crippen molar-refractivity contribution in [3.63, 3.8) is 0 Å². The first kappa shape index (κ1) is 23.7. The molecule has 4 rings (SSSR count). The summed E-state index contributed by atoms with van der Waals surface area (Å²) >= 11 is 11.9. The Kier molecular flexibility index (Phi) is 6.82. The van der Waals surface area contributed by atoms with Crippen molar-refractivity contribution in [1.29, 1.82) is 0 Å². The van der Waals surface area contributed by atoms with Gasteiger partial charge in [-0.2, -0.15) is 0 Å². The molecule has 1 atom stereocenters. The minimum Gasteiger partial charge on any atom is -0.449 e. The highest BCUT2D eigenvalue weighted by Crippen LogP contribution is 2.28. The third-order valence-electron chi connectivity index (χ3n) is 5.30. The number of nitrogens with zero attached hydrogens (tertiary/aromatic N) is 2. The van der Waals surface area contributed by atoms with Crippen LogP contribution in [-0.2, 0) is 9.53 Å². The maximum atomic E-state index is 13.2. The van der Waals surface area contributed by atoms with Gasteiger partial charge in [0.1, 0.15) is 0 Å². The Morgan fingerprint density at radius 2 is 1.79 bits per heavy atom. The Hall–Kier alpha value is -3.48. The molecular formula is C26H21Cl2N3O3. The Balaban J connectivity index is 1.63. The average molecular weight is 494 g/mol. The fourth-order valence-electron chi connectivity index (χ4n) is 3.59. The summed E-state index contributed by atoms with van der Waals surface area (Å²) in [6, 6.07) is 16.5. The van der Waals surface area contributed by atoms with Crippen molar-refractivity contribution in [2.45, 2.75) is 26.9 Å². The molecule has 0 saturated heterocycles. The van der Waals surface area contributed by atoms with Crippen LogP contribution in [-0.4, -0.2) is 27.9 Å². The van der Waals surface area contributed by atoms with E-state index in [1.807, 2.05) is 44.2 Å². The zero-order valence-electron chi connectivity index (χ0n) is 18.7. The second kappa shape index (κ2) is 9.79. The minimum absolute atomic E-state index is 0.130. The number of hydrogen-bond donors (Lipinski definition) is 1. The molecule has 2 heterocycles. The Bertz CT molecular complexity index is 1420. The number of pyridine rings is 2. The molecule has 2 aromatic carbocycles. The van der Waals surface area contributed by atoms with Crippen LogP contribution in [0.4, 0.5) is 5.82 Å². The molecule has 34 heavy (non-hydrogen) atoms. The van der Waals surface area contributed by atoms with E-state index in [4.69, 9.17) is 32.9 Å². The van der Waals surface area contributed by atoms with Gasteiger partial charge in [-0.3, -0.25) is 4.79 Å². The number of amides is 1. The second-order valence-electron chi connectivity index (χ2n) is 7.91. The maximum Gasteiger partial charge on any atom is 0.339 e. The van der Waals surface area contributed by atoms with E-state index in [-0.39, 0.29) is 10.8 Å². The third kappa shape index (κ3) is 5.03. The fraction of sp³-hybridized carbons (Fsp3) is 0.154. The Morgan fingerprint density at radius 1 is 1.03 bits per heavy atom. The van der Waals surface area contributed by atoms with Gasteiger partial charge in [0.2, 0.25) is 0 Å². The number of rotatable bonds is 5. The molecule has 0 fully saturated rings. The van der Waals surface area contributed by atoms with Crippen molar-refractivity contribution in [3.05, 3.63) is 87.5 Å². The molecule has 172 valence electrons. The summed E-state index contributed by atoms with van der Waals surface area (Å²) in [7, 11) is 0. The molecule has 4 aromatic rings. The molecule has 0 aliphatic heterocycles. The minimum atomic E-state index is -1.10. The largest absolute Gasteiger partial charge is 0.449 e. The van der Waals surface area contributed by atoms with Crippen molar-refractivity contribution in [2.75, 3.05) is 5.32 Å². The number of fused-ring (bicyclic) bond motifs is 1. The molecule has 0 aliphatic rings. The predicted octanol–water partition coefficient (Wildman–Crippen LogP) is 6.40. The number of nitrogens with one attached hydrogen (secondary N) is 1. The first-order valence-electron chi connectivity index (χ1n) is 10.5. The van der Waals surface area contributed by atoms with Gasteiger partial charge in [0, 0.05) is 17.1 Å². The topological polar surface area (TPSA) is 81.2 Å². The van der Waals surface area contributed by atoms with Gasteiger partial charge in [-0.15, -0.1) is 0 Å². The quantitative estimate of drug-likeness (QED) is 0.325. The van der Waals surface area contributed by atoms with Gasteiger partial charge in [0.25, 0.3) is 5.91 Å². The van der Waals surface area contributed by atoms with E-state index in [0.29, 0.717) is 27.2 Å². The molecule has 8 heteroatoms. The van der Waals surface area contributed by atoms with Crippen LogP contribution in [0.1, 0.15) is 28.4 Å². The number of para-hydroxylation sites is 1. The van der Waals surface area contributed by atoms with E-state index in [0.717, 1.165) is 16.7 Å². The zero-order chi connectivity index (χ0) is 24.4. The van der Waals surface area contributed by atoms with Gasteiger partial charge < -0.3 is 10.1 Å². The monoisotopic (exact) mass is 493 g/mol. The van der Waals surface area contributed by atoms with Gasteiger partial charge in [0.05, 0.1) is 26.8 Å². The van der Waals surface area contributed by atoms with Crippen LogP contribution in [0.3, 0.4) is 0 Å². The number of carbonyl (C=O) groups excluding carboxylic acids is 2. The molecule has 1 N–H and O–H groups in total. The van der Waals surface area contributed by atoms with E-state index in [1.54, 1.807) is 12.1 Å². The normalized spacial score (nSPS) is 11.8. The van der Waals surface area contributed by atoms with Gasteiger partial charge in [0.15, 0.2) is 11.9 Å². The highest BCUT2D eigenvalue weighted by atomic mass is 35.5. The van der Waals surface area contributed by atoms with Gasteiger partial charge >= 0.3 is 5.97 Å². The number of halogens is 2. The van der Waals surface area contributed by atoms with Crippen LogP contribution in [0.15, 0.2) is 60.8 Å². The van der Waals surface area contributed by atoms with E-state index in [2.05, 4.69) is 16.4 Å². The fourth-order valence-corrected chi connectivity index (χ4v) is 4.01.